The Balaban J connectivity index is -0.000000542. The number of carbonyl (C=O) groups excluding carboxylic acids is 3. The molecule has 0 atom stereocenters. The summed E-state index contributed by atoms with van der Waals surface area (Å²) in [5.74, 6) is -7.85. The molecule has 0 saturated heterocycles. The molecule has 0 saturated carbocycles. The fraction of sp³-hybridized carbons (Fsp3) is 0.200. The Morgan fingerprint density at radius 3 is 0.765 bits per heavy atom. The summed E-state index contributed by atoms with van der Waals surface area (Å²) in [5.41, 5.74) is 32.4. The molecule has 18 N–H and O–H groups in total. The highest BCUT2D eigenvalue weighted by Gasteiger charge is 1.96. The maximum atomic E-state index is 9.64. The van der Waals surface area contributed by atoms with Gasteiger partial charge in [0.15, 0.2) is 17.1 Å². The first-order chi connectivity index (χ1) is 23.8. The van der Waals surface area contributed by atoms with Crippen LogP contribution in [-0.2, 0) is 43.0 Å². The topological polar surface area (TPSA) is 421 Å². The van der Waals surface area contributed by atoms with Crippen LogP contribution < -0.4 is 49.7 Å². The number of nitrogen functional groups attached to an aromatic ring is 3. The van der Waals surface area contributed by atoms with Gasteiger partial charge in [0.25, 0.3) is 0 Å². The van der Waals surface area contributed by atoms with Crippen molar-refractivity contribution in [2.24, 2.45) is 0 Å². The lowest BCUT2D eigenvalue weighted by molar-refractivity contribution is -0.310. The third-order valence-corrected chi connectivity index (χ3v) is 4.50. The lowest BCUT2D eigenvalue weighted by Crippen LogP contribution is -2.40. The van der Waals surface area contributed by atoms with Gasteiger partial charge in [-0.1, -0.05) is 36.4 Å². The Kier molecular flexibility index (Phi) is 29.7. The number of anilines is 3. The molecular weight excluding hydrogens is 684 g/mol. The van der Waals surface area contributed by atoms with Crippen LogP contribution in [0.2, 0.25) is 0 Å². The molecule has 0 radical (unpaired) electrons. The summed E-state index contributed by atoms with van der Waals surface area (Å²) in [4.78, 5) is 57.6. The van der Waals surface area contributed by atoms with Crippen LogP contribution in [0.1, 0.15) is 0 Å². The van der Waals surface area contributed by atoms with Crippen LogP contribution in [0.25, 0.3) is 0 Å². The van der Waals surface area contributed by atoms with Crippen molar-refractivity contribution in [1.29, 1.82) is 0 Å². The average molecular weight is 727 g/mol. The molecule has 3 rings (SSSR count). The van der Waals surface area contributed by atoms with Gasteiger partial charge in [-0.15, -0.1) is 0 Å². The van der Waals surface area contributed by atoms with Crippen molar-refractivity contribution in [2.75, 3.05) is 56.8 Å². The van der Waals surface area contributed by atoms with E-state index in [0.29, 0.717) is 0 Å². The fourth-order valence-corrected chi connectivity index (χ4v) is 2.27. The monoisotopic (exact) mass is 726 g/mol. The van der Waals surface area contributed by atoms with E-state index in [1.54, 1.807) is 0 Å². The van der Waals surface area contributed by atoms with Gasteiger partial charge in [-0.2, -0.15) is 0 Å². The minimum atomic E-state index is -1.42. The number of carboxylic acids is 6. The molecule has 0 aromatic heterocycles. The summed E-state index contributed by atoms with van der Waals surface area (Å²) in [7, 11) is 0. The molecular formula is C30H42N6O15. The predicted molar refractivity (Wildman–Crippen MR) is 171 cm³/mol. The maximum absolute atomic E-state index is 9.64. The summed E-state index contributed by atoms with van der Waals surface area (Å²) in [6, 6.07) is 22.6. The molecule has 51 heavy (non-hydrogen) atoms. The third-order valence-electron chi connectivity index (χ3n) is 4.50. The molecule has 3 aromatic carbocycles. The standard InChI is InChI=1S/3C6H8N2.3C4H6O5/c3*7-5-3-1-2-4-6(5)8;3*5-3(6)1-9-2-4(7)8/h3*1-4H,7-8H2;3*1-2H2,(H,5,6)(H,7,8). The van der Waals surface area contributed by atoms with Crippen LogP contribution in [0.4, 0.5) is 34.1 Å². The number of ether oxygens (including phenoxy) is 3. The first kappa shape index (κ1) is 49.0. The number of quaternary nitrogens is 3. The lowest BCUT2D eigenvalue weighted by Gasteiger charge is -1.99. The molecule has 0 aliphatic rings. The summed E-state index contributed by atoms with van der Waals surface area (Å²) in [6.45, 7) is -3.83. The molecule has 21 nitrogen and oxygen atoms in total. The summed E-state index contributed by atoms with van der Waals surface area (Å²) in [6.07, 6.45) is 0. The van der Waals surface area contributed by atoms with E-state index < -0.39 is 75.5 Å². The minimum absolute atomic E-state index is 0.603. The van der Waals surface area contributed by atoms with E-state index in [0.717, 1.165) is 34.1 Å². The molecule has 0 bridgehead atoms. The number of carboxylic acid groups (broad SMARTS) is 6. The van der Waals surface area contributed by atoms with Crippen LogP contribution in [0.5, 0.6) is 0 Å². The normalized spacial score (nSPS) is 9.00. The maximum Gasteiger partial charge on any atom is 0.329 e. The van der Waals surface area contributed by atoms with Crippen molar-refractivity contribution in [1.82, 2.24) is 0 Å². The Hall–Kier alpha value is -6.36. The Morgan fingerprint density at radius 1 is 0.451 bits per heavy atom. The number of carbonyl (C=O) groups is 6. The van der Waals surface area contributed by atoms with Crippen LogP contribution >= 0.6 is 0 Å². The van der Waals surface area contributed by atoms with Gasteiger partial charge in [0.2, 0.25) is 0 Å². The highest BCUT2D eigenvalue weighted by atomic mass is 16.5. The molecule has 3 aromatic rings. The van der Waals surface area contributed by atoms with Crippen molar-refractivity contribution in [3.05, 3.63) is 72.8 Å². The molecule has 0 aliphatic carbocycles. The van der Waals surface area contributed by atoms with Crippen molar-refractivity contribution < 1.29 is 90.8 Å². The molecule has 0 heterocycles. The first-order valence-electron chi connectivity index (χ1n) is 13.8. The van der Waals surface area contributed by atoms with Crippen molar-refractivity contribution >= 4 is 69.9 Å². The molecule has 0 spiro atoms. The Morgan fingerprint density at radius 2 is 0.647 bits per heavy atom. The number of para-hydroxylation sites is 3. The summed E-state index contributed by atoms with van der Waals surface area (Å²) < 4.78 is 12.3. The van der Waals surface area contributed by atoms with Crippen molar-refractivity contribution in [3.63, 3.8) is 0 Å². The number of benzene rings is 3. The van der Waals surface area contributed by atoms with Gasteiger partial charge in [-0.3, -0.25) is 0 Å². The highest BCUT2D eigenvalue weighted by Crippen LogP contribution is 2.09. The number of rotatable bonds is 12. The van der Waals surface area contributed by atoms with Gasteiger partial charge < -0.3 is 93.6 Å². The second-order valence-electron chi connectivity index (χ2n) is 8.87. The van der Waals surface area contributed by atoms with Crippen LogP contribution in [0, 0.1) is 0 Å². The van der Waals surface area contributed by atoms with E-state index in [-0.39, 0.29) is 0 Å². The number of aliphatic carboxylic acids is 6. The van der Waals surface area contributed by atoms with Gasteiger partial charge in [0, 0.05) is 18.2 Å². The van der Waals surface area contributed by atoms with E-state index >= 15 is 0 Å². The average Bonchev–Trinajstić information content (AvgIpc) is 3.02. The van der Waals surface area contributed by atoms with Gasteiger partial charge >= 0.3 is 17.9 Å². The van der Waals surface area contributed by atoms with Gasteiger partial charge in [0.05, 0.1) is 54.8 Å². The molecule has 0 fully saturated rings. The van der Waals surface area contributed by atoms with Crippen molar-refractivity contribution in [3.8, 4) is 0 Å². The zero-order chi connectivity index (χ0) is 39.8. The van der Waals surface area contributed by atoms with Crippen LogP contribution in [0.3, 0.4) is 0 Å². The van der Waals surface area contributed by atoms with Crippen molar-refractivity contribution in [2.45, 2.75) is 0 Å². The van der Waals surface area contributed by atoms with Gasteiger partial charge in [-0.25, -0.2) is 14.4 Å². The Bertz CT molecular complexity index is 1210. The zero-order valence-corrected chi connectivity index (χ0v) is 27.3. The smallest absolute Gasteiger partial charge is 0.329 e. The second-order valence-corrected chi connectivity index (χ2v) is 8.87. The largest absolute Gasteiger partial charge is 0.548 e. The molecule has 282 valence electrons. The van der Waals surface area contributed by atoms with Gasteiger partial charge in [-0.05, 0) is 18.2 Å². The molecule has 0 aliphatic heterocycles. The number of hydrogen-bond donors (Lipinski definition) is 9. The number of nitrogens with two attached hydrogens (primary N) is 3. The highest BCUT2D eigenvalue weighted by molar-refractivity contribution is 5.70. The minimum Gasteiger partial charge on any atom is -0.548 e. The van der Waals surface area contributed by atoms with Gasteiger partial charge in [0.1, 0.15) is 19.8 Å². The predicted octanol–water partition coefficient (Wildman–Crippen LogP) is -6.06. The summed E-state index contributed by atoms with van der Waals surface area (Å²) in [5, 5.41) is 52.3. The molecule has 0 unspecified atom stereocenters. The third kappa shape index (κ3) is 38.0. The zero-order valence-electron chi connectivity index (χ0n) is 27.3. The second kappa shape index (κ2) is 30.9. The number of hydrogen-bond acceptors (Lipinski definition) is 15. The van der Waals surface area contributed by atoms with Crippen LogP contribution in [0.15, 0.2) is 72.8 Å². The van der Waals surface area contributed by atoms with E-state index in [9.17, 15) is 44.1 Å². The SMILES string of the molecule is Nc1ccccc1[NH3+].Nc1ccccc1[NH3+].Nc1ccccc1[NH3+].O=C([O-])COCC(=O)O.O=C([O-])COCC(=O)O.O=C([O-])COCC(=O)O. The van der Waals surface area contributed by atoms with E-state index in [4.69, 9.17) is 32.5 Å². The van der Waals surface area contributed by atoms with E-state index in [2.05, 4.69) is 31.4 Å². The fourth-order valence-electron chi connectivity index (χ4n) is 2.27. The van der Waals surface area contributed by atoms with E-state index in [1.165, 1.54) is 0 Å². The lowest BCUT2D eigenvalue weighted by atomic mass is 10.3. The van der Waals surface area contributed by atoms with Crippen LogP contribution in [-0.4, -0.2) is 90.8 Å². The van der Waals surface area contributed by atoms with E-state index in [1.807, 2.05) is 72.8 Å². The molecule has 21 heteroatoms. The Labute approximate surface area is 290 Å². The molecule has 0 amide bonds. The summed E-state index contributed by atoms with van der Waals surface area (Å²) >= 11 is 0. The quantitative estimate of drug-likeness (QED) is 0.0784. The first-order valence-corrected chi connectivity index (χ1v) is 13.8.